The summed E-state index contributed by atoms with van der Waals surface area (Å²) >= 11 is 3.78. The number of nitriles is 1. The Balaban J connectivity index is 2.66. The van der Waals surface area contributed by atoms with Crippen molar-refractivity contribution in [1.82, 2.24) is 0 Å². The number of hydrogen-bond acceptors (Lipinski definition) is 3. The summed E-state index contributed by atoms with van der Waals surface area (Å²) in [5, 5.41) is 19.3. The van der Waals surface area contributed by atoms with E-state index in [-0.39, 0.29) is 5.75 Å². The minimum Gasteiger partial charge on any atom is -0.506 e. The molecule has 0 saturated carbocycles. The molecule has 1 heterocycles. The van der Waals surface area contributed by atoms with Crippen LogP contribution >= 0.6 is 33.9 Å². The zero-order valence-electron chi connectivity index (χ0n) is 7.12. The Bertz CT molecular complexity index is 527. The Morgan fingerprint density at radius 2 is 2.21 bits per heavy atom. The summed E-state index contributed by atoms with van der Waals surface area (Å²) in [6, 6.07) is 7.71. The minimum atomic E-state index is 0.278. The number of nitrogens with zero attached hydrogens (tertiary/aromatic N) is 1. The number of thiophene rings is 1. The third kappa shape index (κ3) is 1.70. The molecule has 1 aromatic heterocycles. The molecule has 0 fully saturated rings. The van der Waals surface area contributed by atoms with E-state index in [4.69, 9.17) is 5.26 Å². The molecule has 0 bridgehead atoms. The van der Waals surface area contributed by atoms with E-state index in [1.54, 1.807) is 17.4 Å². The van der Waals surface area contributed by atoms with Gasteiger partial charge in [0.15, 0.2) is 0 Å². The largest absolute Gasteiger partial charge is 0.506 e. The maximum atomic E-state index is 9.69. The van der Waals surface area contributed by atoms with Crippen LogP contribution in [0, 0.1) is 14.2 Å². The molecule has 2 nitrogen and oxygen atoms in total. The van der Waals surface area contributed by atoms with Gasteiger partial charge in [0.25, 0.3) is 0 Å². The molecule has 0 aliphatic carbocycles. The topological polar surface area (TPSA) is 44.0 Å². The average molecular weight is 315 g/mol. The summed E-state index contributed by atoms with van der Waals surface area (Å²) < 4.78 is 2.04. The van der Waals surface area contributed by atoms with Gasteiger partial charge in [-0.1, -0.05) is 0 Å². The van der Waals surface area contributed by atoms with Crippen molar-refractivity contribution < 1.29 is 5.11 Å². The number of halogens is 1. The highest BCUT2D eigenvalue weighted by molar-refractivity contribution is 14.1. The van der Waals surface area contributed by atoms with Crippen molar-refractivity contribution in [2.45, 2.75) is 6.42 Å². The fourth-order valence-electron chi connectivity index (χ4n) is 1.36. The van der Waals surface area contributed by atoms with Crippen LogP contribution in [0.4, 0.5) is 0 Å². The lowest BCUT2D eigenvalue weighted by Gasteiger charge is -1.98. The van der Waals surface area contributed by atoms with Crippen molar-refractivity contribution in [3.63, 3.8) is 0 Å². The van der Waals surface area contributed by atoms with Crippen molar-refractivity contribution in [3.8, 4) is 11.8 Å². The monoisotopic (exact) mass is 315 g/mol. The maximum absolute atomic E-state index is 9.69. The molecule has 1 N–H and O–H groups in total. The lowest BCUT2D eigenvalue weighted by Crippen LogP contribution is -1.80. The van der Waals surface area contributed by atoms with Crippen LogP contribution in [0.25, 0.3) is 10.1 Å². The predicted molar refractivity (Wildman–Crippen MR) is 65.5 cm³/mol. The Kier molecular flexibility index (Phi) is 2.61. The molecule has 0 radical (unpaired) electrons. The SMILES string of the molecule is N#CCc1cc(O)c2sc(I)cc2c1. The summed E-state index contributed by atoms with van der Waals surface area (Å²) in [6.07, 6.45) is 0.343. The van der Waals surface area contributed by atoms with Gasteiger partial charge >= 0.3 is 0 Å². The molecule has 0 atom stereocenters. The highest BCUT2D eigenvalue weighted by Gasteiger charge is 2.06. The Morgan fingerprint density at radius 3 is 2.93 bits per heavy atom. The Hall–Kier alpha value is -0.800. The van der Waals surface area contributed by atoms with E-state index in [9.17, 15) is 5.11 Å². The second-order valence-electron chi connectivity index (χ2n) is 2.92. The van der Waals surface area contributed by atoms with Crippen molar-refractivity contribution in [1.29, 1.82) is 5.26 Å². The summed E-state index contributed by atoms with van der Waals surface area (Å²) in [5.41, 5.74) is 0.867. The zero-order chi connectivity index (χ0) is 10.1. The highest BCUT2D eigenvalue weighted by Crippen LogP contribution is 2.34. The first-order valence-electron chi connectivity index (χ1n) is 3.98. The molecule has 0 unspecified atom stereocenters. The van der Waals surface area contributed by atoms with Gasteiger partial charge in [-0.2, -0.15) is 5.26 Å². The first-order chi connectivity index (χ1) is 6.70. The number of benzene rings is 1. The average Bonchev–Trinajstić information content (AvgIpc) is 2.47. The van der Waals surface area contributed by atoms with Crippen LogP contribution in [-0.4, -0.2) is 5.11 Å². The summed E-state index contributed by atoms with van der Waals surface area (Å²) in [6.45, 7) is 0. The number of aromatic hydroxyl groups is 1. The lowest BCUT2D eigenvalue weighted by atomic mass is 10.1. The summed E-state index contributed by atoms with van der Waals surface area (Å²) in [5.74, 6) is 0.278. The van der Waals surface area contributed by atoms with Crippen LogP contribution in [0.3, 0.4) is 0 Å². The molecular weight excluding hydrogens is 309 g/mol. The van der Waals surface area contributed by atoms with Crippen LogP contribution in [0.2, 0.25) is 0 Å². The van der Waals surface area contributed by atoms with Crippen LogP contribution in [0.5, 0.6) is 5.75 Å². The second-order valence-corrected chi connectivity index (χ2v) is 5.87. The van der Waals surface area contributed by atoms with Gasteiger partial charge in [0, 0.05) is 0 Å². The Labute approximate surface area is 98.9 Å². The van der Waals surface area contributed by atoms with Gasteiger partial charge in [-0.25, -0.2) is 0 Å². The molecule has 0 spiro atoms. The van der Waals surface area contributed by atoms with E-state index in [0.717, 1.165) is 18.5 Å². The Morgan fingerprint density at radius 1 is 1.43 bits per heavy atom. The molecule has 1 aromatic carbocycles. The van der Waals surface area contributed by atoms with Crippen LogP contribution in [0.15, 0.2) is 18.2 Å². The minimum absolute atomic E-state index is 0.278. The maximum Gasteiger partial charge on any atom is 0.133 e. The van der Waals surface area contributed by atoms with Gasteiger partial charge in [0.05, 0.1) is 20.1 Å². The molecule has 0 amide bonds. The molecule has 2 aromatic rings. The van der Waals surface area contributed by atoms with Crippen LogP contribution < -0.4 is 0 Å². The first kappa shape index (κ1) is 9.74. The van der Waals surface area contributed by atoms with Crippen LogP contribution in [-0.2, 0) is 6.42 Å². The summed E-state index contributed by atoms with van der Waals surface area (Å²) in [4.78, 5) is 0. The van der Waals surface area contributed by atoms with E-state index < -0.39 is 0 Å². The fourth-order valence-corrected chi connectivity index (χ4v) is 3.13. The van der Waals surface area contributed by atoms with Crippen molar-refractivity contribution >= 4 is 44.0 Å². The van der Waals surface area contributed by atoms with Gasteiger partial charge in [-0.05, 0) is 51.7 Å². The normalized spacial score (nSPS) is 10.3. The molecule has 2 rings (SSSR count). The van der Waals surface area contributed by atoms with E-state index in [1.165, 1.54) is 0 Å². The standard InChI is InChI=1S/C10H6INOS/c11-9-5-7-3-6(1-2-12)4-8(13)10(7)14-9/h3-5,13H,1H2. The van der Waals surface area contributed by atoms with Crippen molar-refractivity contribution in [2.75, 3.05) is 0 Å². The van der Waals surface area contributed by atoms with Crippen molar-refractivity contribution in [2.24, 2.45) is 0 Å². The molecule has 0 aliphatic rings. The zero-order valence-corrected chi connectivity index (χ0v) is 10.1. The summed E-state index contributed by atoms with van der Waals surface area (Å²) in [7, 11) is 0. The number of rotatable bonds is 1. The quantitative estimate of drug-likeness (QED) is 0.821. The van der Waals surface area contributed by atoms with Crippen molar-refractivity contribution in [3.05, 3.63) is 26.6 Å². The fraction of sp³-hybridized carbons (Fsp3) is 0.100. The van der Waals surface area contributed by atoms with Gasteiger partial charge in [0.2, 0.25) is 0 Å². The highest BCUT2D eigenvalue weighted by atomic mass is 127. The van der Waals surface area contributed by atoms with E-state index in [2.05, 4.69) is 28.7 Å². The van der Waals surface area contributed by atoms with Gasteiger partial charge in [0.1, 0.15) is 5.75 Å². The van der Waals surface area contributed by atoms with Gasteiger partial charge in [-0.3, -0.25) is 0 Å². The third-order valence-electron chi connectivity index (χ3n) is 1.91. The second kappa shape index (κ2) is 3.75. The lowest BCUT2D eigenvalue weighted by molar-refractivity contribution is 0.482. The number of phenols is 1. The van der Waals surface area contributed by atoms with E-state index in [0.29, 0.717) is 6.42 Å². The van der Waals surface area contributed by atoms with Gasteiger partial charge in [-0.15, -0.1) is 11.3 Å². The molecule has 0 saturated heterocycles. The predicted octanol–water partition coefficient (Wildman–Crippen LogP) is 3.28. The van der Waals surface area contributed by atoms with Gasteiger partial charge < -0.3 is 5.11 Å². The molecule has 0 aliphatic heterocycles. The number of hydrogen-bond donors (Lipinski definition) is 1. The number of phenolic OH excluding ortho intramolecular Hbond substituents is 1. The smallest absolute Gasteiger partial charge is 0.133 e. The van der Waals surface area contributed by atoms with E-state index >= 15 is 0 Å². The molecule has 14 heavy (non-hydrogen) atoms. The molecule has 70 valence electrons. The van der Waals surface area contributed by atoms with E-state index in [1.807, 2.05) is 12.1 Å². The third-order valence-corrected chi connectivity index (χ3v) is 3.84. The first-order valence-corrected chi connectivity index (χ1v) is 5.88. The molecular formula is C10H6INOS. The molecule has 4 heteroatoms. The van der Waals surface area contributed by atoms with Crippen LogP contribution in [0.1, 0.15) is 5.56 Å². The number of fused-ring (bicyclic) bond motifs is 1.